The Balaban J connectivity index is 1.66. The molecule has 1 heterocycles. The van der Waals surface area contributed by atoms with Crippen molar-refractivity contribution in [3.63, 3.8) is 0 Å². The predicted molar refractivity (Wildman–Crippen MR) is 147 cm³/mol. The molecule has 1 aliphatic rings. The van der Waals surface area contributed by atoms with E-state index in [2.05, 4.69) is 49.2 Å². The number of nitrogens with two attached hydrogens (primary N) is 2. The largest absolute Gasteiger partial charge is 0.398 e. The van der Waals surface area contributed by atoms with Crippen molar-refractivity contribution in [1.82, 2.24) is 0 Å². The van der Waals surface area contributed by atoms with E-state index in [0.717, 1.165) is 41.2 Å². The number of benzene rings is 2. The topological polar surface area (TPSA) is 84.4 Å². The van der Waals surface area contributed by atoms with Crippen molar-refractivity contribution in [3.05, 3.63) is 70.1 Å². The molecular formula is C28H34N4OS. The van der Waals surface area contributed by atoms with E-state index in [1.807, 2.05) is 43.3 Å². The lowest BCUT2D eigenvalue weighted by molar-refractivity contribution is 0.102. The molecule has 2 aromatic carbocycles. The van der Waals surface area contributed by atoms with Gasteiger partial charge in [0.15, 0.2) is 0 Å². The molecule has 4 rings (SSSR count). The molecule has 178 valence electrons. The van der Waals surface area contributed by atoms with Gasteiger partial charge in [-0.2, -0.15) is 0 Å². The maximum atomic E-state index is 13.1. The van der Waals surface area contributed by atoms with Gasteiger partial charge >= 0.3 is 0 Å². The summed E-state index contributed by atoms with van der Waals surface area (Å²) < 4.78 is 0. The van der Waals surface area contributed by atoms with Crippen molar-refractivity contribution in [2.75, 3.05) is 29.0 Å². The molecule has 1 aromatic heterocycles. The van der Waals surface area contributed by atoms with E-state index in [-0.39, 0.29) is 11.9 Å². The van der Waals surface area contributed by atoms with Crippen molar-refractivity contribution >= 4 is 40.4 Å². The Morgan fingerprint density at radius 1 is 1.18 bits per heavy atom. The first-order chi connectivity index (χ1) is 16.3. The first kappa shape index (κ1) is 24.0. The molecular weight excluding hydrogens is 440 g/mol. The molecule has 2 atom stereocenters. The van der Waals surface area contributed by atoms with Gasteiger partial charge in [-0.3, -0.25) is 4.79 Å². The fourth-order valence-electron chi connectivity index (χ4n) is 4.52. The smallest absolute Gasteiger partial charge is 0.255 e. The minimum Gasteiger partial charge on any atom is -0.398 e. The van der Waals surface area contributed by atoms with Crippen LogP contribution in [0.25, 0.3) is 16.5 Å². The van der Waals surface area contributed by atoms with Crippen LogP contribution in [0, 0.1) is 0 Å². The molecule has 3 aromatic rings. The highest BCUT2D eigenvalue weighted by molar-refractivity contribution is 7.16. The third-order valence-electron chi connectivity index (χ3n) is 6.56. The summed E-state index contributed by atoms with van der Waals surface area (Å²) in [7, 11) is 0. The van der Waals surface area contributed by atoms with Crippen LogP contribution in [0.3, 0.4) is 0 Å². The summed E-state index contributed by atoms with van der Waals surface area (Å²) in [6, 6.07) is 13.6. The van der Waals surface area contributed by atoms with Gasteiger partial charge < -0.3 is 21.7 Å². The van der Waals surface area contributed by atoms with Crippen molar-refractivity contribution in [2.24, 2.45) is 5.73 Å². The van der Waals surface area contributed by atoms with Gasteiger partial charge in [-0.25, -0.2) is 0 Å². The van der Waals surface area contributed by atoms with E-state index in [1.54, 1.807) is 11.3 Å². The van der Waals surface area contributed by atoms with Gasteiger partial charge in [-0.05, 0) is 92.8 Å². The molecule has 0 saturated heterocycles. The van der Waals surface area contributed by atoms with Crippen LogP contribution in [0.4, 0.5) is 17.1 Å². The van der Waals surface area contributed by atoms with Gasteiger partial charge in [0.1, 0.15) is 0 Å². The van der Waals surface area contributed by atoms with Gasteiger partial charge in [0.25, 0.3) is 5.91 Å². The Bertz CT molecular complexity index is 1210. The number of allylic oxidation sites excluding steroid dienone is 1. The molecule has 2 unspecified atom stereocenters. The fraction of sp³-hybridized carbons (Fsp3) is 0.321. The zero-order valence-electron chi connectivity index (χ0n) is 20.4. The average molecular weight is 475 g/mol. The van der Waals surface area contributed by atoms with E-state index in [1.165, 1.54) is 10.4 Å². The molecule has 0 bridgehead atoms. The second kappa shape index (κ2) is 10.0. The number of fused-ring (bicyclic) bond motifs is 1. The number of anilines is 3. The van der Waals surface area contributed by atoms with E-state index in [4.69, 9.17) is 11.5 Å². The van der Waals surface area contributed by atoms with E-state index in [0.29, 0.717) is 22.9 Å². The van der Waals surface area contributed by atoms with Crippen LogP contribution in [0.1, 0.15) is 72.4 Å². The van der Waals surface area contributed by atoms with Crippen LogP contribution >= 0.6 is 11.3 Å². The lowest BCUT2D eigenvalue weighted by Gasteiger charge is -2.21. The second-order valence-electron chi connectivity index (χ2n) is 8.96. The third kappa shape index (κ3) is 4.74. The van der Waals surface area contributed by atoms with Crippen LogP contribution in [0.15, 0.2) is 48.5 Å². The molecule has 34 heavy (non-hydrogen) atoms. The van der Waals surface area contributed by atoms with Gasteiger partial charge in [-0.1, -0.05) is 13.0 Å². The normalized spacial score (nSPS) is 15.6. The highest BCUT2D eigenvalue weighted by Gasteiger charge is 2.20. The lowest BCUT2D eigenvalue weighted by Crippen LogP contribution is -2.22. The van der Waals surface area contributed by atoms with Crippen molar-refractivity contribution in [1.29, 1.82) is 0 Å². The predicted octanol–water partition coefficient (Wildman–Crippen LogP) is 6.64. The number of amides is 1. The lowest BCUT2D eigenvalue weighted by atomic mass is 9.93. The summed E-state index contributed by atoms with van der Waals surface area (Å²) >= 11 is 1.73. The van der Waals surface area contributed by atoms with E-state index < -0.39 is 0 Å². The first-order valence-corrected chi connectivity index (χ1v) is 12.8. The maximum absolute atomic E-state index is 13.1. The summed E-state index contributed by atoms with van der Waals surface area (Å²) in [4.78, 5) is 17.7. The molecule has 0 spiro atoms. The minimum atomic E-state index is -0.252. The average Bonchev–Trinajstić information content (AvgIpc) is 3.26. The summed E-state index contributed by atoms with van der Waals surface area (Å²) in [5.74, 6) is 0.334. The van der Waals surface area contributed by atoms with Gasteiger partial charge in [0.2, 0.25) is 0 Å². The molecule has 5 nitrogen and oxygen atoms in total. The first-order valence-electron chi connectivity index (χ1n) is 12.0. The maximum Gasteiger partial charge on any atom is 0.255 e. The molecule has 1 amide bonds. The number of thiophene rings is 1. The molecule has 0 aliphatic heterocycles. The molecule has 6 heteroatoms. The SMILES string of the molecule is CCN(CC)c1ccc(C(=O)Nc2cc(-c3cc4c(s3)C=CCC4C)c(N)c(C(C)N)c2)cc1. The van der Waals surface area contributed by atoms with Gasteiger partial charge in [0, 0.05) is 57.1 Å². The molecule has 0 radical (unpaired) electrons. The standard InChI is InChI=1S/C28H34N4OS/c1-5-32(6-2)21-12-10-19(11-13-21)28(33)31-20-14-23(18(4)29)27(30)24(15-20)26-16-22-17(3)8-7-9-25(22)34-26/h7,9-18H,5-6,8,29-30H2,1-4H3,(H,31,33). The number of nitrogen functional groups attached to an aromatic ring is 1. The quantitative estimate of drug-likeness (QED) is 0.335. The van der Waals surface area contributed by atoms with Gasteiger partial charge in [0.05, 0.1) is 0 Å². The Kier molecular flexibility index (Phi) is 7.10. The van der Waals surface area contributed by atoms with Crippen LogP contribution in [0.5, 0.6) is 0 Å². The number of nitrogens with one attached hydrogen (secondary N) is 1. The number of hydrogen-bond donors (Lipinski definition) is 3. The van der Waals surface area contributed by atoms with Crippen LogP contribution in [-0.4, -0.2) is 19.0 Å². The molecule has 0 saturated carbocycles. The molecule has 1 aliphatic carbocycles. The molecule has 5 N–H and O–H groups in total. The number of carbonyl (C=O) groups excluding carboxylic acids is 1. The minimum absolute atomic E-state index is 0.153. The highest BCUT2D eigenvalue weighted by Crippen LogP contribution is 2.43. The zero-order valence-corrected chi connectivity index (χ0v) is 21.2. The zero-order chi connectivity index (χ0) is 24.4. The Labute approximate surface area is 206 Å². The monoisotopic (exact) mass is 474 g/mol. The number of nitrogens with zero attached hydrogens (tertiary/aromatic N) is 1. The van der Waals surface area contributed by atoms with Crippen molar-refractivity contribution < 1.29 is 4.79 Å². The summed E-state index contributed by atoms with van der Waals surface area (Å²) in [6.07, 6.45) is 5.47. The Hall–Kier alpha value is -3.09. The molecule has 0 fully saturated rings. The third-order valence-corrected chi connectivity index (χ3v) is 7.71. The van der Waals surface area contributed by atoms with Crippen molar-refractivity contribution in [2.45, 2.75) is 46.1 Å². The van der Waals surface area contributed by atoms with E-state index >= 15 is 0 Å². The van der Waals surface area contributed by atoms with Crippen LogP contribution < -0.4 is 21.7 Å². The van der Waals surface area contributed by atoms with Gasteiger partial charge in [-0.15, -0.1) is 11.3 Å². The number of rotatable bonds is 7. The van der Waals surface area contributed by atoms with E-state index in [9.17, 15) is 4.79 Å². The Morgan fingerprint density at radius 3 is 2.50 bits per heavy atom. The van der Waals surface area contributed by atoms with Crippen LogP contribution in [-0.2, 0) is 0 Å². The summed E-state index contributed by atoms with van der Waals surface area (Å²) in [5.41, 5.74) is 19.0. The highest BCUT2D eigenvalue weighted by atomic mass is 32.1. The van der Waals surface area contributed by atoms with Crippen LogP contribution in [0.2, 0.25) is 0 Å². The fourth-order valence-corrected chi connectivity index (χ4v) is 5.76. The summed E-state index contributed by atoms with van der Waals surface area (Å²) in [5, 5.41) is 3.07. The second-order valence-corrected chi connectivity index (χ2v) is 10.0. The Morgan fingerprint density at radius 2 is 1.88 bits per heavy atom. The number of hydrogen-bond acceptors (Lipinski definition) is 5. The summed E-state index contributed by atoms with van der Waals surface area (Å²) in [6.45, 7) is 10.3. The van der Waals surface area contributed by atoms with Crippen molar-refractivity contribution in [3.8, 4) is 10.4 Å². The number of carbonyl (C=O) groups is 1.